The summed E-state index contributed by atoms with van der Waals surface area (Å²) in [5, 5.41) is 112. The van der Waals surface area contributed by atoms with Crippen molar-refractivity contribution >= 4 is 12.0 Å². The number of benzene rings is 2. The lowest BCUT2D eigenvalue weighted by Gasteiger charge is -2.47. The van der Waals surface area contributed by atoms with Crippen LogP contribution < -0.4 is 0 Å². The number of aromatic hydroxyl groups is 4. The van der Waals surface area contributed by atoms with Crippen LogP contribution in [0.1, 0.15) is 11.1 Å². The standard InChI is InChI=1S/C33H42O19/c34-11-22-26(50-23(41)6-3-15-1-4-17(36)19(38)9-15)27(51-32-29(44)33(45,13-35)14-48-32)28(52-30-25(43)24(42)21(40)12-47-30)31(49-22)46-8-7-16-2-5-18(37)20(39)10-16/h1-6,9-10,21-22,24-32,34-40,42-45H,7-8,11-14H2/t21-,22-,24+,25-,26-,27+,28-,29+,30+,31-,32+,33-/m1/s1. The topological polar surface area (TPSA) is 304 Å². The van der Waals surface area contributed by atoms with E-state index >= 15 is 0 Å². The lowest BCUT2D eigenvalue weighted by Crippen LogP contribution is -2.65. The number of rotatable bonds is 13. The summed E-state index contributed by atoms with van der Waals surface area (Å²) in [5.41, 5.74) is -1.36. The minimum absolute atomic E-state index is 0.118. The van der Waals surface area contributed by atoms with Crippen molar-refractivity contribution in [3.05, 3.63) is 53.6 Å². The predicted octanol–water partition coefficient (Wildman–Crippen LogP) is -2.94. The van der Waals surface area contributed by atoms with Crippen LogP contribution in [0.4, 0.5) is 0 Å². The molecule has 19 heteroatoms. The van der Waals surface area contributed by atoms with E-state index in [4.69, 9.17) is 33.2 Å². The second-order valence-corrected chi connectivity index (χ2v) is 12.5. The zero-order chi connectivity index (χ0) is 37.7. The number of phenolic OH excluding ortho intramolecular Hbond substituents is 4. The van der Waals surface area contributed by atoms with E-state index in [-0.39, 0.29) is 30.1 Å². The van der Waals surface area contributed by atoms with Crippen LogP contribution in [-0.4, -0.2) is 168 Å². The molecule has 288 valence electrons. The van der Waals surface area contributed by atoms with Gasteiger partial charge in [-0.1, -0.05) is 12.1 Å². The molecule has 0 saturated carbocycles. The summed E-state index contributed by atoms with van der Waals surface area (Å²) < 4.78 is 40.5. The SMILES string of the molecule is O=C(C=Cc1ccc(O)c(O)c1)O[C@H]1[C@H](O[C@@H]2OC[C@](O)(CO)[C@H]2O)[C@@H](O[C@@H]2OC[C@@H](O)[C@H](O)[C@H]2O)[C@H](OCCc2ccc(O)c(O)c2)O[C@@H]1CO. The summed E-state index contributed by atoms with van der Waals surface area (Å²) in [6.45, 7) is -3.00. The van der Waals surface area contributed by atoms with Crippen molar-refractivity contribution in [1.29, 1.82) is 0 Å². The Bertz CT molecular complexity index is 1540. The fourth-order valence-electron chi connectivity index (χ4n) is 5.72. The Kier molecular flexibility index (Phi) is 12.9. The van der Waals surface area contributed by atoms with E-state index < -0.39 is 117 Å². The number of esters is 1. The first-order valence-corrected chi connectivity index (χ1v) is 16.1. The van der Waals surface area contributed by atoms with E-state index in [1.807, 2.05) is 0 Å². The Balaban J connectivity index is 1.46. The molecule has 3 saturated heterocycles. The van der Waals surface area contributed by atoms with Gasteiger partial charge < -0.3 is 89.3 Å². The first-order chi connectivity index (χ1) is 24.7. The van der Waals surface area contributed by atoms with Gasteiger partial charge in [-0.3, -0.25) is 0 Å². The summed E-state index contributed by atoms with van der Waals surface area (Å²) in [5.74, 6) is -2.64. The van der Waals surface area contributed by atoms with E-state index in [2.05, 4.69) is 0 Å². The molecule has 2 aromatic rings. The van der Waals surface area contributed by atoms with E-state index in [0.717, 1.165) is 6.08 Å². The zero-order valence-corrected chi connectivity index (χ0v) is 27.4. The summed E-state index contributed by atoms with van der Waals surface area (Å²) in [4.78, 5) is 13.2. The Morgan fingerprint density at radius 2 is 1.52 bits per heavy atom. The molecule has 3 aliphatic heterocycles. The maximum Gasteiger partial charge on any atom is 0.331 e. The molecule has 2 aromatic carbocycles. The first-order valence-electron chi connectivity index (χ1n) is 16.1. The lowest BCUT2D eigenvalue weighted by molar-refractivity contribution is -0.372. The maximum absolute atomic E-state index is 13.2. The number of ether oxygens (including phenoxy) is 7. The molecule has 5 rings (SSSR count). The highest BCUT2D eigenvalue weighted by Crippen LogP contribution is 2.36. The molecule has 0 aliphatic carbocycles. The average molecular weight is 743 g/mol. The zero-order valence-electron chi connectivity index (χ0n) is 27.4. The maximum atomic E-state index is 13.2. The number of aliphatic hydroxyl groups is 7. The van der Waals surface area contributed by atoms with Crippen LogP contribution in [0, 0.1) is 0 Å². The van der Waals surface area contributed by atoms with Gasteiger partial charge in [-0.25, -0.2) is 4.79 Å². The fourth-order valence-corrected chi connectivity index (χ4v) is 5.72. The van der Waals surface area contributed by atoms with Gasteiger partial charge in [0.15, 0.2) is 48.0 Å². The van der Waals surface area contributed by atoms with Crippen molar-refractivity contribution in [2.75, 3.05) is 33.0 Å². The van der Waals surface area contributed by atoms with Gasteiger partial charge in [0.05, 0.1) is 33.0 Å². The molecule has 0 amide bonds. The third-order valence-corrected chi connectivity index (χ3v) is 8.76. The van der Waals surface area contributed by atoms with Crippen LogP contribution >= 0.6 is 0 Å². The average Bonchev–Trinajstić information content (AvgIpc) is 3.41. The van der Waals surface area contributed by atoms with Gasteiger partial charge in [-0.05, 0) is 47.9 Å². The quantitative estimate of drug-likeness (QED) is 0.0556. The molecule has 11 N–H and O–H groups in total. The van der Waals surface area contributed by atoms with E-state index in [9.17, 15) is 61.0 Å². The molecular weight excluding hydrogens is 700 g/mol. The number of phenols is 4. The summed E-state index contributed by atoms with van der Waals surface area (Å²) in [6.07, 6.45) is -16.0. The van der Waals surface area contributed by atoms with Crippen molar-refractivity contribution in [1.82, 2.24) is 0 Å². The molecule has 0 unspecified atom stereocenters. The van der Waals surface area contributed by atoms with Gasteiger partial charge in [0.25, 0.3) is 0 Å². The number of hydrogen-bond acceptors (Lipinski definition) is 19. The number of carbonyl (C=O) groups is 1. The highest BCUT2D eigenvalue weighted by Gasteiger charge is 2.56. The molecule has 3 heterocycles. The monoisotopic (exact) mass is 742 g/mol. The molecule has 3 aliphatic rings. The normalized spacial score (nSPS) is 35.2. The Morgan fingerprint density at radius 3 is 2.17 bits per heavy atom. The predicted molar refractivity (Wildman–Crippen MR) is 169 cm³/mol. The van der Waals surface area contributed by atoms with Gasteiger partial charge in [0.1, 0.15) is 48.3 Å². The van der Waals surface area contributed by atoms with Crippen molar-refractivity contribution in [3.8, 4) is 23.0 Å². The number of aliphatic hydroxyl groups excluding tert-OH is 6. The third kappa shape index (κ3) is 8.92. The molecule has 19 nitrogen and oxygen atoms in total. The van der Waals surface area contributed by atoms with Crippen LogP contribution in [-0.2, 0) is 44.4 Å². The van der Waals surface area contributed by atoms with Crippen molar-refractivity contribution < 1.29 is 94.1 Å². The molecular formula is C33H42O19. The summed E-state index contributed by atoms with van der Waals surface area (Å²) >= 11 is 0. The smallest absolute Gasteiger partial charge is 0.331 e. The second-order valence-electron chi connectivity index (χ2n) is 12.5. The third-order valence-electron chi connectivity index (χ3n) is 8.76. The van der Waals surface area contributed by atoms with Gasteiger partial charge in [0, 0.05) is 6.08 Å². The van der Waals surface area contributed by atoms with E-state index in [1.165, 1.54) is 42.5 Å². The first kappa shape index (κ1) is 39.5. The van der Waals surface area contributed by atoms with Crippen molar-refractivity contribution in [2.45, 2.75) is 79.7 Å². The van der Waals surface area contributed by atoms with Crippen molar-refractivity contribution in [2.24, 2.45) is 0 Å². The van der Waals surface area contributed by atoms with Crippen LogP contribution in [0.3, 0.4) is 0 Å². The Hall–Kier alpha value is -3.67. The lowest BCUT2D eigenvalue weighted by atomic mass is 9.96. The molecule has 0 spiro atoms. The fraction of sp³-hybridized carbons (Fsp3) is 0.545. The molecule has 12 atom stereocenters. The molecule has 0 radical (unpaired) electrons. The second kappa shape index (κ2) is 17.0. The largest absolute Gasteiger partial charge is 0.504 e. The van der Waals surface area contributed by atoms with Crippen LogP contribution in [0.2, 0.25) is 0 Å². The van der Waals surface area contributed by atoms with Crippen LogP contribution in [0.5, 0.6) is 23.0 Å². The van der Waals surface area contributed by atoms with E-state index in [0.29, 0.717) is 5.56 Å². The highest BCUT2D eigenvalue weighted by atomic mass is 16.8. The van der Waals surface area contributed by atoms with Crippen LogP contribution in [0.15, 0.2) is 42.5 Å². The van der Waals surface area contributed by atoms with Gasteiger partial charge in [-0.2, -0.15) is 0 Å². The molecule has 3 fully saturated rings. The van der Waals surface area contributed by atoms with E-state index in [1.54, 1.807) is 0 Å². The number of hydrogen-bond donors (Lipinski definition) is 11. The van der Waals surface area contributed by atoms with Crippen LogP contribution in [0.25, 0.3) is 6.08 Å². The minimum Gasteiger partial charge on any atom is -0.504 e. The highest BCUT2D eigenvalue weighted by molar-refractivity contribution is 5.87. The Morgan fingerprint density at radius 1 is 0.827 bits per heavy atom. The Labute approximate surface area is 295 Å². The van der Waals surface area contributed by atoms with Gasteiger partial charge >= 0.3 is 5.97 Å². The summed E-state index contributed by atoms with van der Waals surface area (Å²) in [7, 11) is 0. The van der Waals surface area contributed by atoms with Gasteiger partial charge in [-0.15, -0.1) is 0 Å². The molecule has 52 heavy (non-hydrogen) atoms. The summed E-state index contributed by atoms with van der Waals surface area (Å²) in [6, 6.07) is 7.81. The minimum atomic E-state index is -2.17. The van der Waals surface area contributed by atoms with Gasteiger partial charge in [0.2, 0.25) is 0 Å². The number of carbonyl (C=O) groups excluding carboxylic acids is 1. The van der Waals surface area contributed by atoms with Crippen molar-refractivity contribution in [3.63, 3.8) is 0 Å². The molecule has 0 bridgehead atoms. The molecule has 0 aromatic heterocycles.